The lowest BCUT2D eigenvalue weighted by atomic mass is 10.4. The van der Waals surface area contributed by atoms with Crippen LogP contribution in [0.25, 0.3) is 0 Å². The van der Waals surface area contributed by atoms with Crippen molar-refractivity contribution in [3.8, 4) is 0 Å². The van der Waals surface area contributed by atoms with Crippen molar-refractivity contribution in [2.75, 3.05) is 24.4 Å². The summed E-state index contributed by atoms with van der Waals surface area (Å²) in [4.78, 5) is 1.83. The Balaban J connectivity index is 3.14. The lowest BCUT2D eigenvalue weighted by molar-refractivity contribution is 0.996. The fourth-order valence-corrected chi connectivity index (χ4v) is 1.08. The fourth-order valence-electron chi connectivity index (χ4n) is 0.767. The van der Waals surface area contributed by atoms with Crippen molar-refractivity contribution in [3.63, 3.8) is 0 Å². The van der Waals surface area contributed by atoms with Crippen LogP contribution >= 0.6 is 11.6 Å². The van der Waals surface area contributed by atoms with E-state index in [0.29, 0.717) is 10.8 Å². The molecule has 0 radical (unpaired) electrons. The van der Waals surface area contributed by atoms with E-state index in [1.165, 1.54) is 0 Å². The number of anilines is 2. The summed E-state index contributed by atoms with van der Waals surface area (Å²) in [5, 5.41) is 7.88. The van der Waals surface area contributed by atoms with E-state index in [9.17, 15) is 0 Å². The van der Waals surface area contributed by atoms with Crippen molar-refractivity contribution in [3.05, 3.63) is 11.2 Å². The second-order valence-corrected chi connectivity index (χ2v) is 2.81. The maximum absolute atomic E-state index is 5.92. The number of aromatic nitrogens is 2. The molecule has 1 aromatic heterocycles. The molecule has 0 saturated heterocycles. The fraction of sp³-hybridized carbons (Fsp3) is 0.333. The molecule has 1 aromatic rings. The lowest BCUT2D eigenvalue weighted by Crippen LogP contribution is -2.14. The van der Waals surface area contributed by atoms with Crippen molar-refractivity contribution in [1.29, 1.82) is 0 Å². The molecule has 0 aliphatic rings. The molecule has 0 amide bonds. The van der Waals surface area contributed by atoms with Gasteiger partial charge in [-0.1, -0.05) is 11.6 Å². The Morgan fingerprint density at radius 3 is 2.75 bits per heavy atom. The minimum absolute atomic E-state index is 0.378. The summed E-state index contributed by atoms with van der Waals surface area (Å²) >= 11 is 5.92. The smallest absolute Gasteiger partial charge is 0.183 e. The third kappa shape index (κ3) is 1.57. The largest absolute Gasteiger partial charge is 0.375 e. The quantitative estimate of drug-likeness (QED) is 0.521. The summed E-state index contributed by atoms with van der Waals surface area (Å²) < 4.78 is 0. The van der Waals surface area contributed by atoms with Crippen molar-refractivity contribution >= 4 is 23.1 Å². The number of nitrogens with two attached hydrogens (primary N) is 1. The first-order valence-corrected chi connectivity index (χ1v) is 3.69. The Kier molecular flexibility index (Phi) is 2.67. The number of nitrogens with one attached hydrogen (secondary N) is 1. The SMILES string of the molecule is CN(C)c1cnnc(NN)c1Cl. The van der Waals surface area contributed by atoms with E-state index >= 15 is 0 Å². The normalized spacial score (nSPS) is 9.67. The average Bonchev–Trinajstić information content (AvgIpc) is 2.04. The van der Waals surface area contributed by atoms with Crippen LogP contribution in [0.15, 0.2) is 6.20 Å². The average molecular weight is 188 g/mol. The Morgan fingerprint density at radius 2 is 2.25 bits per heavy atom. The molecule has 6 heteroatoms. The van der Waals surface area contributed by atoms with Gasteiger partial charge < -0.3 is 10.3 Å². The van der Waals surface area contributed by atoms with Gasteiger partial charge in [-0.25, -0.2) is 5.84 Å². The first kappa shape index (κ1) is 9.02. The predicted molar refractivity (Wildman–Crippen MR) is 49.2 cm³/mol. The van der Waals surface area contributed by atoms with Crippen LogP contribution in [-0.2, 0) is 0 Å². The van der Waals surface area contributed by atoms with Crippen LogP contribution in [0.4, 0.5) is 11.5 Å². The first-order valence-electron chi connectivity index (χ1n) is 3.32. The van der Waals surface area contributed by atoms with Crippen LogP contribution in [0.5, 0.6) is 0 Å². The van der Waals surface area contributed by atoms with Crippen molar-refractivity contribution in [2.24, 2.45) is 5.84 Å². The summed E-state index contributed by atoms with van der Waals surface area (Å²) in [5.74, 6) is 5.54. The summed E-state index contributed by atoms with van der Waals surface area (Å²) in [7, 11) is 3.73. The molecule has 5 nitrogen and oxygen atoms in total. The summed E-state index contributed by atoms with van der Waals surface area (Å²) in [6, 6.07) is 0. The lowest BCUT2D eigenvalue weighted by Gasteiger charge is -2.14. The molecular weight excluding hydrogens is 178 g/mol. The predicted octanol–water partition coefficient (Wildman–Crippen LogP) is 0.482. The molecule has 0 spiro atoms. The van der Waals surface area contributed by atoms with Crippen LogP contribution in [0.2, 0.25) is 5.02 Å². The molecule has 0 bridgehead atoms. The molecule has 0 atom stereocenters. The van der Waals surface area contributed by atoms with Gasteiger partial charge in [0.25, 0.3) is 0 Å². The molecule has 0 saturated carbocycles. The van der Waals surface area contributed by atoms with Gasteiger partial charge in [-0.3, -0.25) is 0 Å². The molecule has 0 aliphatic carbocycles. The van der Waals surface area contributed by atoms with E-state index < -0.39 is 0 Å². The maximum Gasteiger partial charge on any atom is 0.183 e. The summed E-state index contributed by atoms with van der Waals surface area (Å²) in [5.41, 5.74) is 3.14. The molecular formula is C6H10ClN5. The topological polar surface area (TPSA) is 67.1 Å². The number of rotatable bonds is 2. The zero-order valence-electron chi connectivity index (χ0n) is 6.87. The molecule has 1 rings (SSSR count). The van der Waals surface area contributed by atoms with Crippen molar-refractivity contribution in [1.82, 2.24) is 10.2 Å². The third-order valence-corrected chi connectivity index (χ3v) is 1.76. The standard InChI is InChI=1S/C6H10ClN5/c1-12(2)4-3-9-11-6(10-8)5(4)7/h3H,8H2,1-2H3,(H,10,11). The van der Waals surface area contributed by atoms with Crippen molar-refractivity contribution in [2.45, 2.75) is 0 Å². The molecule has 66 valence electrons. The van der Waals surface area contributed by atoms with E-state index in [1.807, 2.05) is 19.0 Å². The highest BCUT2D eigenvalue weighted by Crippen LogP contribution is 2.27. The van der Waals surface area contributed by atoms with Gasteiger partial charge in [0.1, 0.15) is 5.02 Å². The Hall–Kier alpha value is -1.07. The Morgan fingerprint density at radius 1 is 1.58 bits per heavy atom. The van der Waals surface area contributed by atoms with Gasteiger partial charge in [0.2, 0.25) is 0 Å². The minimum Gasteiger partial charge on any atom is -0.375 e. The van der Waals surface area contributed by atoms with E-state index in [-0.39, 0.29) is 0 Å². The minimum atomic E-state index is 0.378. The van der Waals surface area contributed by atoms with Crippen molar-refractivity contribution < 1.29 is 0 Å². The molecule has 0 unspecified atom stereocenters. The van der Waals surface area contributed by atoms with Crippen LogP contribution < -0.4 is 16.2 Å². The number of nitrogens with zero attached hydrogens (tertiary/aromatic N) is 3. The summed E-state index contributed by atoms with van der Waals surface area (Å²) in [6.07, 6.45) is 1.57. The Labute approximate surface area is 75.5 Å². The first-order chi connectivity index (χ1) is 5.66. The van der Waals surface area contributed by atoms with Gasteiger partial charge in [-0.15, -0.1) is 5.10 Å². The highest BCUT2D eigenvalue weighted by atomic mass is 35.5. The molecule has 0 aromatic carbocycles. The van der Waals surface area contributed by atoms with Gasteiger partial charge in [-0.05, 0) is 0 Å². The van der Waals surface area contributed by atoms with Gasteiger partial charge in [0.15, 0.2) is 5.82 Å². The van der Waals surface area contributed by atoms with E-state index in [4.69, 9.17) is 17.4 Å². The van der Waals surface area contributed by atoms with Gasteiger partial charge in [-0.2, -0.15) is 5.10 Å². The number of hydrogen-bond donors (Lipinski definition) is 2. The molecule has 12 heavy (non-hydrogen) atoms. The second kappa shape index (κ2) is 3.55. The third-order valence-electron chi connectivity index (χ3n) is 1.39. The summed E-state index contributed by atoms with van der Waals surface area (Å²) in [6.45, 7) is 0. The van der Waals surface area contributed by atoms with Gasteiger partial charge in [0, 0.05) is 14.1 Å². The molecule has 0 aliphatic heterocycles. The molecule has 0 fully saturated rings. The monoisotopic (exact) mass is 187 g/mol. The van der Waals surface area contributed by atoms with E-state index in [1.54, 1.807) is 6.20 Å². The maximum atomic E-state index is 5.92. The van der Waals surface area contributed by atoms with E-state index in [2.05, 4.69) is 15.6 Å². The van der Waals surface area contributed by atoms with Gasteiger partial charge in [0.05, 0.1) is 11.9 Å². The second-order valence-electron chi connectivity index (χ2n) is 2.43. The zero-order chi connectivity index (χ0) is 9.14. The Bertz CT molecular complexity index is 275. The highest BCUT2D eigenvalue weighted by Gasteiger charge is 2.08. The number of hydrazine groups is 1. The highest BCUT2D eigenvalue weighted by molar-refractivity contribution is 6.35. The van der Waals surface area contributed by atoms with Gasteiger partial charge >= 0.3 is 0 Å². The number of halogens is 1. The number of nitrogen functional groups attached to an aromatic ring is 1. The molecule has 1 heterocycles. The van der Waals surface area contributed by atoms with Crippen LogP contribution in [-0.4, -0.2) is 24.3 Å². The van der Waals surface area contributed by atoms with E-state index in [0.717, 1.165) is 5.69 Å². The molecule has 3 N–H and O–H groups in total. The van der Waals surface area contributed by atoms with Crippen LogP contribution in [0.3, 0.4) is 0 Å². The zero-order valence-corrected chi connectivity index (χ0v) is 7.63. The number of hydrogen-bond acceptors (Lipinski definition) is 5. The van der Waals surface area contributed by atoms with Crippen LogP contribution in [0, 0.1) is 0 Å². The van der Waals surface area contributed by atoms with Crippen LogP contribution in [0.1, 0.15) is 0 Å².